The van der Waals surface area contributed by atoms with Crippen molar-refractivity contribution in [2.45, 2.75) is 12.5 Å². The third-order valence-electron chi connectivity index (χ3n) is 4.12. The highest BCUT2D eigenvalue weighted by Crippen LogP contribution is 2.15. The molecule has 1 heterocycles. The molecule has 2 aromatic rings. The fraction of sp³-hybridized carbons (Fsp3) is 0.211. The third kappa shape index (κ3) is 4.81. The van der Waals surface area contributed by atoms with Gasteiger partial charge in [0, 0.05) is 24.5 Å². The van der Waals surface area contributed by atoms with E-state index in [0.717, 1.165) is 0 Å². The number of halogens is 1. The van der Waals surface area contributed by atoms with Crippen LogP contribution in [0.25, 0.3) is 0 Å². The number of anilines is 2. The Morgan fingerprint density at radius 3 is 2.41 bits per heavy atom. The Morgan fingerprint density at radius 1 is 1.04 bits per heavy atom. The lowest BCUT2D eigenvalue weighted by Gasteiger charge is -2.34. The van der Waals surface area contributed by atoms with Crippen molar-refractivity contribution in [3.63, 3.8) is 0 Å². The molecule has 1 aliphatic heterocycles. The Morgan fingerprint density at radius 2 is 1.70 bits per heavy atom. The number of hydrogen-bond acceptors (Lipinski definition) is 3. The largest absolute Gasteiger partial charge is 0.353 e. The second-order valence-corrected chi connectivity index (χ2v) is 6.06. The topological polar surface area (TPSA) is 90.5 Å². The minimum Gasteiger partial charge on any atom is -0.353 e. The zero-order valence-corrected chi connectivity index (χ0v) is 14.4. The number of amides is 4. The number of urea groups is 1. The van der Waals surface area contributed by atoms with Gasteiger partial charge in [-0.3, -0.25) is 9.59 Å². The number of carbonyl (C=O) groups is 3. The van der Waals surface area contributed by atoms with E-state index >= 15 is 0 Å². The van der Waals surface area contributed by atoms with Crippen molar-refractivity contribution in [1.29, 1.82) is 0 Å². The van der Waals surface area contributed by atoms with E-state index < -0.39 is 29.7 Å². The molecule has 27 heavy (non-hydrogen) atoms. The number of benzene rings is 2. The summed E-state index contributed by atoms with van der Waals surface area (Å²) in [5.74, 6) is -1.25. The molecule has 0 aromatic heterocycles. The number of piperazine rings is 1. The molecule has 1 fully saturated rings. The first-order valence-electron chi connectivity index (χ1n) is 8.49. The predicted molar refractivity (Wildman–Crippen MR) is 98.6 cm³/mol. The van der Waals surface area contributed by atoms with Crippen LogP contribution in [0.2, 0.25) is 0 Å². The van der Waals surface area contributed by atoms with Crippen LogP contribution in [-0.4, -0.2) is 41.9 Å². The average Bonchev–Trinajstić information content (AvgIpc) is 2.66. The fourth-order valence-electron chi connectivity index (χ4n) is 2.80. The minimum absolute atomic E-state index is 0.203. The second-order valence-electron chi connectivity index (χ2n) is 6.06. The highest BCUT2D eigenvalue weighted by molar-refractivity contribution is 5.99. The smallest absolute Gasteiger partial charge is 0.322 e. The predicted octanol–water partition coefficient (Wildman–Crippen LogP) is 2.19. The molecule has 1 atom stereocenters. The van der Waals surface area contributed by atoms with Crippen LogP contribution < -0.4 is 16.0 Å². The van der Waals surface area contributed by atoms with E-state index in [-0.39, 0.29) is 6.42 Å². The Balaban J connectivity index is 1.66. The summed E-state index contributed by atoms with van der Waals surface area (Å²) in [5.41, 5.74) is 1.01. The van der Waals surface area contributed by atoms with Crippen LogP contribution in [0.4, 0.5) is 20.6 Å². The molecule has 0 spiro atoms. The molecule has 0 unspecified atom stereocenters. The molecule has 0 radical (unpaired) electrons. The first-order chi connectivity index (χ1) is 13.0. The molecule has 0 aliphatic carbocycles. The first kappa shape index (κ1) is 18.4. The first-order valence-corrected chi connectivity index (χ1v) is 8.49. The zero-order chi connectivity index (χ0) is 19.2. The standard InChI is InChI=1S/C19H19FN4O3/c20-13-6-8-15(9-7-13)22-17(25)12-16-18(26)21-10-11-24(16)19(27)23-14-4-2-1-3-5-14/h1-9,16H,10-12H2,(H,21,26)(H,22,25)(H,23,27)/t16-/m0/s1. The van der Waals surface area contributed by atoms with Crippen molar-refractivity contribution in [1.82, 2.24) is 10.2 Å². The molecule has 0 saturated carbocycles. The summed E-state index contributed by atoms with van der Waals surface area (Å²) in [6.45, 7) is 0.607. The molecule has 140 valence electrons. The molecular weight excluding hydrogens is 351 g/mol. The molecule has 1 aliphatic rings. The summed E-state index contributed by atoms with van der Waals surface area (Å²) in [6.07, 6.45) is -0.203. The van der Waals surface area contributed by atoms with Crippen LogP contribution in [0.15, 0.2) is 54.6 Å². The number of rotatable bonds is 4. The lowest BCUT2D eigenvalue weighted by Crippen LogP contribution is -2.59. The normalized spacial score (nSPS) is 16.4. The minimum atomic E-state index is -0.928. The molecule has 8 heteroatoms. The van der Waals surface area contributed by atoms with Gasteiger partial charge in [-0.2, -0.15) is 0 Å². The van der Waals surface area contributed by atoms with Gasteiger partial charge in [0.15, 0.2) is 0 Å². The molecule has 1 saturated heterocycles. The van der Waals surface area contributed by atoms with E-state index in [1.807, 2.05) is 6.07 Å². The van der Waals surface area contributed by atoms with Gasteiger partial charge in [0.2, 0.25) is 11.8 Å². The summed E-state index contributed by atoms with van der Waals surface area (Å²) in [6, 6.07) is 12.8. The highest BCUT2D eigenvalue weighted by Gasteiger charge is 2.34. The van der Waals surface area contributed by atoms with Crippen LogP contribution in [-0.2, 0) is 9.59 Å². The van der Waals surface area contributed by atoms with Crippen molar-refractivity contribution in [3.05, 3.63) is 60.4 Å². The van der Waals surface area contributed by atoms with E-state index in [0.29, 0.717) is 24.5 Å². The molecule has 2 aromatic carbocycles. The van der Waals surface area contributed by atoms with Gasteiger partial charge in [-0.15, -0.1) is 0 Å². The maximum absolute atomic E-state index is 13.0. The third-order valence-corrected chi connectivity index (χ3v) is 4.12. The Bertz CT molecular complexity index is 827. The van der Waals surface area contributed by atoms with Gasteiger partial charge >= 0.3 is 6.03 Å². The second kappa shape index (κ2) is 8.31. The van der Waals surface area contributed by atoms with E-state index in [4.69, 9.17) is 0 Å². The molecule has 4 amide bonds. The van der Waals surface area contributed by atoms with Gasteiger partial charge in [0.25, 0.3) is 0 Å². The van der Waals surface area contributed by atoms with Crippen molar-refractivity contribution in [2.24, 2.45) is 0 Å². The molecule has 0 bridgehead atoms. The Labute approximate surface area is 155 Å². The number of nitrogens with one attached hydrogen (secondary N) is 3. The van der Waals surface area contributed by atoms with Gasteiger partial charge in [-0.25, -0.2) is 9.18 Å². The summed E-state index contributed by atoms with van der Waals surface area (Å²) in [4.78, 5) is 38.4. The van der Waals surface area contributed by atoms with E-state index in [2.05, 4.69) is 16.0 Å². The summed E-state index contributed by atoms with van der Waals surface area (Å²) in [5, 5.41) is 7.99. The van der Waals surface area contributed by atoms with Gasteiger partial charge in [-0.05, 0) is 36.4 Å². The maximum atomic E-state index is 13.0. The van der Waals surface area contributed by atoms with Crippen molar-refractivity contribution in [2.75, 3.05) is 23.7 Å². The lowest BCUT2D eigenvalue weighted by atomic mass is 10.1. The van der Waals surface area contributed by atoms with Crippen LogP contribution in [0, 0.1) is 5.82 Å². The van der Waals surface area contributed by atoms with Crippen molar-refractivity contribution in [3.8, 4) is 0 Å². The van der Waals surface area contributed by atoms with Gasteiger partial charge in [0.05, 0.1) is 6.42 Å². The Kier molecular flexibility index (Phi) is 5.65. The van der Waals surface area contributed by atoms with E-state index in [9.17, 15) is 18.8 Å². The van der Waals surface area contributed by atoms with E-state index in [1.165, 1.54) is 29.2 Å². The molecular formula is C19H19FN4O3. The van der Waals surface area contributed by atoms with Crippen LogP contribution in [0.1, 0.15) is 6.42 Å². The number of hydrogen-bond donors (Lipinski definition) is 3. The summed E-state index contributed by atoms with van der Waals surface area (Å²) < 4.78 is 13.0. The Hall–Kier alpha value is -3.42. The fourth-order valence-corrected chi connectivity index (χ4v) is 2.80. The van der Waals surface area contributed by atoms with Gasteiger partial charge < -0.3 is 20.9 Å². The lowest BCUT2D eigenvalue weighted by molar-refractivity contribution is -0.130. The van der Waals surface area contributed by atoms with E-state index in [1.54, 1.807) is 24.3 Å². The number of nitrogens with zero attached hydrogens (tertiary/aromatic N) is 1. The molecule has 7 nitrogen and oxygen atoms in total. The van der Waals surface area contributed by atoms with Gasteiger partial charge in [-0.1, -0.05) is 18.2 Å². The van der Waals surface area contributed by atoms with Crippen LogP contribution >= 0.6 is 0 Å². The monoisotopic (exact) mass is 370 g/mol. The zero-order valence-electron chi connectivity index (χ0n) is 14.4. The number of carbonyl (C=O) groups excluding carboxylic acids is 3. The maximum Gasteiger partial charge on any atom is 0.322 e. The average molecular weight is 370 g/mol. The quantitative estimate of drug-likeness (QED) is 0.771. The molecule has 3 rings (SSSR count). The highest BCUT2D eigenvalue weighted by atomic mass is 19.1. The molecule has 3 N–H and O–H groups in total. The van der Waals surface area contributed by atoms with Crippen molar-refractivity contribution < 1.29 is 18.8 Å². The van der Waals surface area contributed by atoms with Crippen LogP contribution in [0.5, 0.6) is 0 Å². The van der Waals surface area contributed by atoms with Crippen LogP contribution in [0.3, 0.4) is 0 Å². The SMILES string of the molecule is O=C(C[C@H]1C(=O)NCCN1C(=O)Nc1ccccc1)Nc1ccc(F)cc1. The summed E-state index contributed by atoms with van der Waals surface area (Å²) in [7, 11) is 0. The number of para-hydroxylation sites is 1. The summed E-state index contributed by atoms with van der Waals surface area (Å²) >= 11 is 0. The van der Waals surface area contributed by atoms with Gasteiger partial charge in [0.1, 0.15) is 11.9 Å². The van der Waals surface area contributed by atoms with Crippen molar-refractivity contribution >= 4 is 29.2 Å².